The van der Waals surface area contributed by atoms with Gasteiger partial charge in [-0.2, -0.15) is 0 Å². The molecule has 2 aromatic rings. The fourth-order valence-corrected chi connectivity index (χ4v) is 4.59. The van der Waals surface area contributed by atoms with Gasteiger partial charge in [-0.1, -0.05) is 42.5 Å². The first-order chi connectivity index (χ1) is 15.2. The van der Waals surface area contributed by atoms with Crippen LogP contribution in [0.4, 0.5) is 5.69 Å². The maximum Gasteiger partial charge on any atom is 0.236 e. The van der Waals surface area contributed by atoms with Crippen molar-refractivity contribution < 1.29 is 4.79 Å². The number of piperazine rings is 1. The number of benzene rings is 2. The summed E-state index contributed by atoms with van der Waals surface area (Å²) in [5.74, 6) is 0.205. The molecular weight excluding hydrogens is 384 g/mol. The summed E-state index contributed by atoms with van der Waals surface area (Å²) < 4.78 is 0. The molecule has 2 aliphatic heterocycles. The summed E-state index contributed by atoms with van der Waals surface area (Å²) in [6.45, 7) is 8.46. The quantitative estimate of drug-likeness (QED) is 0.686. The molecule has 2 heterocycles. The lowest BCUT2D eigenvalue weighted by Crippen LogP contribution is -2.49. The van der Waals surface area contributed by atoms with Crippen molar-refractivity contribution >= 4 is 11.6 Å². The van der Waals surface area contributed by atoms with Gasteiger partial charge in [0.15, 0.2) is 0 Å². The SMILES string of the molecule is CN(Cc1ccc(N2CCCCC2)cc1)C(=O)CN1CCN(Cc2ccccc2)CC1. The van der Waals surface area contributed by atoms with Gasteiger partial charge in [0.1, 0.15) is 0 Å². The molecule has 0 bridgehead atoms. The minimum absolute atomic E-state index is 0.205. The Morgan fingerprint density at radius 2 is 1.42 bits per heavy atom. The molecule has 0 N–H and O–H groups in total. The Hall–Kier alpha value is -2.37. The van der Waals surface area contributed by atoms with Crippen molar-refractivity contribution in [3.8, 4) is 0 Å². The van der Waals surface area contributed by atoms with Crippen LogP contribution >= 0.6 is 0 Å². The molecule has 0 atom stereocenters. The van der Waals surface area contributed by atoms with E-state index in [0.717, 1.165) is 45.8 Å². The molecule has 5 heteroatoms. The van der Waals surface area contributed by atoms with E-state index < -0.39 is 0 Å². The summed E-state index contributed by atoms with van der Waals surface area (Å²) in [4.78, 5) is 21.9. The van der Waals surface area contributed by atoms with E-state index in [0.29, 0.717) is 13.1 Å². The number of carbonyl (C=O) groups excluding carboxylic acids is 1. The molecule has 0 radical (unpaired) electrons. The lowest BCUT2D eigenvalue weighted by molar-refractivity contribution is -0.132. The Labute approximate surface area is 187 Å². The molecule has 0 unspecified atom stereocenters. The zero-order valence-electron chi connectivity index (χ0n) is 18.9. The standard InChI is InChI=1S/C26H36N4O/c1-27(20-24-10-12-25(13-11-24)30-14-6-3-7-15-30)26(31)22-29-18-16-28(17-19-29)21-23-8-4-2-5-9-23/h2,4-5,8-13H,3,6-7,14-22H2,1H3. The molecular formula is C26H36N4O. The number of piperidine rings is 1. The van der Waals surface area contributed by atoms with Crippen molar-refractivity contribution in [3.05, 3.63) is 65.7 Å². The van der Waals surface area contributed by atoms with Crippen LogP contribution in [0.1, 0.15) is 30.4 Å². The fraction of sp³-hybridized carbons (Fsp3) is 0.500. The molecule has 2 saturated heterocycles. The van der Waals surface area contributed by atoms with Crippen molar-refractivity contribution in [1.29, 1.82) is 0 Å². The van der Waals surface area contributed by atoms with Gasteiger partial charge >= 0.3 is 0 Å². The molecule has 166 valence electrons. The molecule has 31 heavy (non-hydrogen) atoms. The van der Waals surface area contributed by atoms with Gasteiger partial charge in [0, 0.05) is 65.1 Å². The van der Waals surface area contributed by atoms with Crippen molar-refractivity contribution in [3.63, 3.8) is 0 Å². The van der Waals surface area contributed by atoms with Crippen molar-refractivity contribution in [2.45, 2.75) is 32.4 Å². The van der Waals surface area contributed by atoms with Crippen molar-refractivity contribution in [2.24, 2.45) is 0 Å². The van der Waals surface area contributed by atoms with Crippen LogP contribution in [0.2, 0.25) is 0 Å². The number of nitrogens with zero attached hydrogens (tertiary/aromatic N) is 4. The Morgan fingerprint density at radius 1 is 0.774 bits per heavy atom. The number of hydrogen-bond donors (Lipinski definition) is 0. The first-order valence-corrected chi connectivity index (χ1v) is 11.7. The minimum Gasteiger partial charge on any atom is -0.372 e. The van der Waals surface area contributed by atoms with E-state index in [4.69, 9.17) is 0 Å². The summed E-state index contributed by atoms with van der Waals surface area (Å²) >= 11 is 0. The van der Waals surface area contributed by atoms with Gasteiger partial charge in [-0.3, -0.25) is 14.6 Å². The van der Waals surface area contributed by atoms with Gasteiger partial charge in [-0.25, -0.2) is 0 Å². The van der Waals surface area contributed by atoms with Crippen LogP contribution in [0.5, 0.6) is 0 Å². The second kappa shape index (κ2) is 10.8. The maximum absolute atomic E-state index is 12.8. The number of carbonyl (C=O) groups is 1. The Morgan fingerprint density at radius 3 is 2.10 bits per heavy atom. The summed E-state index contributed by atoms with van der Waals surface area (Å²) in [6, 6.07) is 19.4. The van der Waals surface area contributed by atoms with Crippen molar-refractivity contribution in [1.82, 2.24) is 14.7 Å². The zero-order valence-corrected chi connectivity index (χ0v) is 18.9. The summed E-state index contributed by atoms with van der Waals surface area (Å²) in [6.07, 6.45) is 3.93. The van der Waals surface area contributed by atoms with Crippen LogP contribution in [-0.2, 0) is 17.9 Å². The lowest BCUT2D eigenvalue weighted by atomic mass is 10.1. The predicted octanol–water partition coefficient (Wildman–Crippen LogP) is 3.45. The van der Waals surface area contributed by atoms with Crippen molar-refractivity contribution in [2.75, 3.05) is 57.8 Å². The van der Waals surface area contributed by atoms with Crippen LogP contribution in [0.15, 0.2) is 54.6 Å². The molecule has 5 nitrogen and oxygen atoms in total. The third-order valence-corrected chi connectivity index (χ3v) is 6.58. The van der Waals surface area contributed by atoms with Gasteiger partial charge in [-0.05, 0) is 42.5 Å². The van der Waals surface area contributed by atoms with E-state index in [-0.39, 0.29) is 5.91 Å². The van der Waals surface area contributed by atoms with E-state index in [9.17, 15) is 4.79 Å². The molecule has 0 aliphatic carbocycles. The average molecular weight is 421 g/mol. The molecule has 2 aliphatic rings. The topological polar surface area (TPSA) is 30.0 Å². The number of hydrogen-bond acceptors (Lipinski definition) is 4. The highest BCUT2D eigenvalue weighted by atomic mass is 16.2. The molecule has 0 saturated carbocycles. The van der Waals surface area contributed by atoms with E-state index in [1.165, 1.54) is 36.1 Å². The predicted molar refractivity (Wildman–Crippen MR) is 127 cm³/mol. The highest BCUT2D eigenvalue weighted by Gasteiger charge is 2.20. The normalized spacial score (nSPS) is 18.2. The van der Waals surface area contributed by atoms with E-state index >= 15 is 0 Å². The average Bonchev–Trinajstić information content (AvgIpc) is 2.82. The summed E-state index contributed by atoms with van der Waals surface area (Å²) in [5.41, 5.74) is 3.87. The Balaban J connectivity index is 1.20. The van der Waals surface area contributed by atoms with Crippen LogP contribution in [0, 0.1) is 0 Å². The minimum atomic E-state index is 0.205. The summed E-state index contributed by atoms with van der Waals surface area (Å²) in [7, 11) is 1.92. The second-order valence-corrected chi connectivity index (χ2v) is 9.00. The van der Waals surface area contributed by atoms with Gasteiger partial charge in [-0.15, -0.1) is 0 Å². The third kappa shape index (κ3) is 6.31. The molecule has 0 aromatic heterocycles. The van der Waals surface area contributed by atoms with Crippen LogP contribution in [0.25, 0.3) is 0 Å². The lowest BCUT2D eigenvalue weighted by Gasteiger charge is -2.35. The monoisotopic (exact) mass is 420 g/mol. The van der Waals surface area contributed by atoms with E-state index in [1.807, 2.05) is 11.9 Å². The van der Waals surface area contributed by atoms with E-state index in [1.54, 1.807) is 0 Å². The number of rotatable bonds is 7. The van der Waals surface area contributed by atoms with Gasteiger partial charge in [0.2, 0.25) is 5.91 Å². The number of likely N-dealkylation sites (N-methyl/N-ethyl adjacent to an activating group) is 1. The highest BCUT2D eigenvalue weighted by Crippen LogP contribution is 2.20. The first-order valence-electron chi connectivity index (χ1n) is 11.7. The largest absolute Gasteiger partial charge is 0.372 e. The van der Waals surface area contributed by atoms with E-state index in [2.05, 4.69) is 69.3 Å². The van der Waals surface area contributed by atoms with Crippen LogP contribution < -0.4 is 4.90 Å². The molecule has 1 amide bonds. The summed E-state index contributed by atoms with van der Waals surface area (Å²) in [5, 5.41) is 0. The molecule has 0 spiro atoms. The first kappa shape index (κ1) is 21.8. The van der Waals surface area contributed by atoms with Gasteiger partial charge in [0.25, 0.3) is 0 Å². The van der Waals surface area contributed by atoms with Gasteiger partial charge < -0.3 is 9.80 Å². The zero-order chi connectivity index (χ0) is 21.5. The van der Waals surface area contributed by atoms with Crippen LogP contribution in [-0.4, -0.2) is 73.5 Å². The highest BCUT2D eigenvalue weighted by molar-refractivity contribution is 5.78. The van der Waals surface area contributed by atoms with Gasteiger partial charge in [0.05, 0.1) is 6.54 Å². The third-order valence-electron chi connectivity index (χ3n) is 6.58. The molecule has 2 fully saturated rings. The smallest absolute Gasteiger partial charge is 0.236 e. The number of anilines is 1. The fourth-order valence-electron chi connectivity index (χ4n) is 4.59. The van der Waals surface area contributed by atoms with Crippen LogP contribution in [0.3, 0.4) is 0 Å². The maximum atomic E-state index is 12.8. The molecule has 2 aromatic carbocycles. The number of amides is 1. The Kier molecular flexibility index (Phi) is 7.60. The second-order valence-electron chi connectivity index (χ2n) is 9.00. The molecule has 4 rings (SSSR count). The Bertz CT molecular complexity index is 809.